The molecule has 5 nitrogen and oxygen atoms in total. The van der Waals surface area contributed by atoms with Gasteiger partial charge in [-0.05, 0) is 32.7 Å². The van der Waals surface area contributed by atoms with Crippen molar-refractivity contribution >= 4 is 5.91 Å². The summed E-state index contributed by atoms with van der Waals surface area (Å²) in [4.78, 5) is 20.8. The zero-order valence-corrected chi connectivity index (χ0v) is 9.39. The van der Waals surface area contributed by atoms with Crippen LogP contribution in [-0.2, 0) is 4.79 Å². The van der Waals surface area contributed by atoms with Gasteiger partial charge < -0.3 is 10.7 Å². The lowest BCUT2D eigenvalue weighted by molar-refractivity contribution is -0.124. The van der Waals surface area contributed by atoms with E-state index >= 15 is 0 Å². The molecular formula is C11H17N4O. The normalized spacial score (nSPS) is 24.2. The number of nitrogens with one attached hydrogen (secondary N) is 1. The van der Waals surface area contributed by atoms with Crippen molar-refractivity contribution in [3.05, 3.63) is 24.6 Å². The third kappa shape index (κ3) is 2.09. The highest BCUT2D eigenvalue weighted by Gasteiger charge is 2.31. The smallest absolute Gasteiger partial charge is 0.234 e. The molecule has 1 fully saturated rings. The van der Waals surface area contributed by atoms with Gasteiger partial charge in [0.2, 0.25) is 5.91 Å². The number of hydrogen-bond donors (Lipinski definition) is 2. The zero-order valence-electron chi connectivity index (χ0n) is 9.39. The van der Waals surface area contributed by atoms with Crippen LogP contribution in [0.2, 0.25) is 0 Å². The van der Waals surface area contributed by atoms with Crippen molar-refractivity contribution in [2.45, 2.75) is 31.8 Å². The Hall–Kier alpha value is -1.36. The molecule has 2 unspecified atom stereocenters. The maximum Gasteiger partial charge on any atom is 0.234 e. The van der Waals surface area contributed by atoms with Crippen LogP contribution >= 0.6 is 0 Å². The lowest BCUT2D eigenvalue weighted by atomic mass is 9.99. The van der Waals surface area contributed by atoms with Gasteiger partial charge in [-0.1, -0.05) is 0 Å². The van der Waals surface area contributed by atoms with E-state index in [1.807, 2.05) is 6.92 Å². The van der Waals surface area contributed by atoms with Crippen LogP contribution in [0.1, 0.15) is 31.6 Å². The van der Waals surface area contributed by atoms with Gasteiger partial charge in [-0.15, -0.1) is 0 Å². The number of piperidine rings is 1. The average molecular weight is 221 g/mol. The van der Waals surface area contributed by atoms with Crippen molar-refractivity contribution in [2.75, 3.05) is 6.54 Å². The number of rotatable bonds is 3. The second kappa shape index (κ2) is 4.65. The van der Waals surface area contributed by atoms with Crippen LogP contribution in [-0.4, -0.2) is 33.4 Å². The molecule has 1 aromatic rings. The number of amides is 1. The summed E-state index contributed by atoms with van der Waals surface area (Å²) in [6.07, 6.45) is 7.37. The molecule has 2 heterocycles. The van der Waals surface area contributed by atoms with Crippen LogP contribution in [0.15, 0.2) is 12.4 Å². The molecule has 1 aromatic heterocycles. The first kappa shape index (κ1) is 11.1. The highest BCUT2D eigenvalue weighted by Crippen LogP contribution is 2.25. The Kier molecular flexibility index (Phi) is 3.24. The van der Waals surface area contributed by atoms with Crippen LogP contribution in [0.3, 0.4) is 0 Å². The number of aromatic amines is 1. The largest absolute Gasteiger partial charge is 0.368 e. The van der Waals surface area contributed by atoms with Crippen LogP contribution in [0, 0.1) is 6.42 Å². The van der Waals surface area contributed by atoms with Gasteiger partial charge in [0, 0.05) is 12.4 Å². The predicted octanol–water partition coefficient (Wildman–Crippen LogP) is 0.625. The maximum atomic E-state index is 11.4. The lowest BCUT2D eigenvalue weighted by Gasteiger charge is -2.37. The first-order valence-corrected chi connectivity index (χ1v) is 5.56. The van der Waals surface area contributed by atoms with E-state index in [2.05, 4.69) is 21.3 Å². The van der Waals surface area contributed by atoms with Gasteiger partial charge in [0.1, 0.15) is 5.82 Å². The zero-order chi connectivity index (χ0) is 11.5. The van der Waals surface area contributed by atoms with Crippen LogP contribution in [0.5, 0.6) is 0 Å². The summed E-state index contributed by atoms with van der Waals surface area (Å²) in [5.74, 6) is 0.627. The van der Waals surface area contributed by atoms with Crippen LogP contribution in [0.25, 0.3) is 0 Å². The minimum Gasteiger partial charge on any atom is -0.368 e. The Bertz CT molecular complexity index is 349. The van der Waals surface area contributed by atoms with Gasteiger partial charge in [0.25, 0.3) is 0 Å². The van der Waals surface area contributed by atoms with Gasteiger partial charge in [-0.2, -0.15) is 0 Å². The molecule has 1 aliphatic heterocycles. The van der Waals surface area contributed by atoms with Gasteiger partial charge in [-0.25, -0.2) is 4.98 Å². The number of likely N-dealkylation sites (tertiary alicyclic amines) is 1. The van der Waals surface area contributed by atoms with Gasteiger partial charge >= 0.3 is 0 Å². The number of nitrogens with zero attached hydrogens (tertiary/aromatic N) is 2. The predicted molar refractivity (Wildman–Crippen MR) is 60.2 cm³/mol. The SMILES string of the molecule is CC(c1ncc[nH]1)N1CC[CH]CC1C(N)=O. The molecule has 0 spiro atoms. The van der Waals surface area contributed by atoms with E-state index in [1.54, 1.807) is 12.4 Å². The van der Waals surface area contributed by atoms with E-state index in [-0.39, 0.29) is 18.0 Å². The summed E-state index contributed by atoms with van der Waals surface area (Å²) >= 11 is 0. The summed E-state index contributed by atoms with van der Waals surface area (Å²) in [7, 11) is 0. The number of carbonyl (C=O) groups excluding carboxylic acids is 1. The van der Waals surface area contributed by atoms with Crippen LogP contribution < -0.4 is 5.73 Å². The number of H-pyrrole nitrogens is 1. The number of imidazole rings is 1. The second-order valence-corrected chi connectivity index (χ2v) is 4.12. The molecule has 5 heteroatoms. The molecule has 1 saturated heterocycles. The van der Waals surface area contributed by atoms with E-state index in [1.165, 1.54) is 0 Å². The second-order valence-electron chi connectivity index (χ2n) is 4.12. The molecule has 0 saturated carbocycles. The number of nitrogens with two attached hydrogens (primary N) is 1. The molecule has 1 radical (unpaired) electrons. The monoisotopic (exact) mass is 221 g/mol. The molecule has 0 aliphatic carbocycles. The van der Waals surface area contributed by atoms with Crippen molar-refractivity contribution in [3.8, 4) is 0 Å². The molecule has 16 heavy (non-hydrogen) atoms. The summed E-state index contributed by atoms with van der Waals surface area (Å²) < 4.78 is 0. The van der Waals surface area contributed by atoms with E-state index in [0.717, 1.165) is 25.2 Å². The lowest BCUT2D eigenvalue weighted by Crippen LogP contribution is -2.48. The Balaban J connectivity index is 2.14. The molecule has 1 amide bonds. The Morgan fingerprint density at radius 3 is 3.19 bits per heavy atom. The topological polar surface area (TPSA) is 75.0 Å². The highest BCUT2D eigenvalue weighted by molar-refractivity contribution is 5.80. The first-order valence-electron chi connectivity index (χ1n) is 5.56. The Morgan fingerprint density at radius 2 is 2.56 bits per heavy atom. The molecule has 3 N–H and O–H groups in total. The molecular weight excluding hydrogens is 204 g/mol. The van der Waals surface area contributed by atoms with E-state index in [0.29, 0.717) is 0 Å². The summed E-state index contributed by atoms with van der Waals surface area (Å²) in [5.41, 5.74) is 5.42. The highest BCUT2D eigenvalue weighted by atomic mass is 16.1. The summed E-state index contributed by atoms with van der Waals surface area (Å²) in [5, 5.41) is 0. The maximum absolute atomic E-state index is 11.4. The molecule has 87 valence electrons. The van der Waals surface area contributed by atoms with Crippen LogP contribution in [0.4, 0.5) is 0 Å². The number of aromatic nitrogens is 2. The van der Waals surface area contributed by atoms with Crippen molar-refractivity contribution in [2.24, 2.45) is 5.73 Å². The number of primary amides is 1. The fourth-order valence-corrected chi connectivity index (χ4v) is 2.21. The minimum absolute atomic E-state index is 0.0983. The van der Waals surface area contributed by atoms with Crippen molar-refractivity contribution in [1.82, 2.24) is 14.9 Å². The Morgan fingerprint density at radius 1 is 1.75 bits per heavy atom. The van der Waals surface area contributed by atoms with Crippen molar-refractivity contribution in [1.29, 1.82) is 0 Å². The van der Waals surface area contributed by atoms with Crippen molar-refractivity contribution < 1.29 is 4.79 Å². The fraction of sp³-hybridized carbons (Fsp3) is 0.545. The summed E-state index contributed by atoms with van der Waals surface area (Å²) in [6.45, 7) is 2.90. The van der Waals surface area contributed by atoms with E-state index in [9.17, 15) is 4.79 Å². The van der Waals surface area contributed by atoms with Gasteiger partial charge in [0.05, 0.1) is 12.1 Å². The number of carbonyl (C=O) groups is 1. The molecule has 0 aromatic carbocycles. The summed E-state index contributed by atoms with van der Waals surface area (Å²) in [6, 6.07) is -0.102. The quantitative estimate of drug-likeness (QED) is 0.786. The average Bonchev–Trinajstić information content (AvgIpc) is 2.81. The van der Waals surface area contributed by atoms with Crippen molar-refractivity contribution in [3.63, 3.8) is 0 Å². The van der Waals surface area contributed by atoms with Gasteiger partial charge in [-0.3, -0.25) is 9.69 Å². The molecule has 0 bridgehead atoms. The first-order chi connectivity index (χ1) is 7.70. The fourth-order valence-electron chi connectivity index (χ4n) is 2.21. The molecule has 1 aliphatic rings. The van der Waals surface area contributed by atoms with Gasteiger partial charge in [0.15, 0.2) is 0 Å². The Labute approximate surface area is 95.0 Å². The minimum atomic E-state index is -0.255. The molecule has 2 atom stereocenters. The third-order valence-corrected chi connectivity index (χ3v) is 3.12. The standard InChI is InChI=1S/C11H17N4O/c1-8(11-13-5-6-14-11)15-7-3-2-4-9(15)10(12)16/h2,5-6,8-9H,3-4,7H2,1H3,(H2,12,16)(H,13,14). The number of hydrogen-bond acceptors (Lipinski definition) is 3. The third-order valence-electron chi connectivity index (χ3n) is 3.12. The molecule has 2 rings (SSSR count). The van der Waals surface area contributed by atoms with E-state index in [4.69, 9.17) is 5.73 Å². The van der Waals surface area contributed by atoms with E-state index < -0.39 is 0 Å².